The number of hydrogen-bond acceptors (Lipinski definition) is 2. The Labute approximate surface area is 118 Å². The number of anilines is 1. The number of hydrogen-bond donors (Lipinski definition) is 1. The molecule has 0 unspecified atom stereocenters. The maximum Gasteiger partial charge on any atom is 0.411 e. The van der Waals surface area contributed by atoms with E-state index in [-0.39, 0.29) is 0 Å². The third kappa shape index (κ3) is 3.51. The zero-order valence-corrected chi connectivity index (χ0v) is 11.3. The summed E-state index contributed by atoms with van der Waals surface area (Å²) in [5.41, 5.74) is 1.74. The first kappa shape index (κ1) is 13.9. The topological polar surface area (TPSA) is 49.8 Å². The van der Waals surface area contributed by atoms with Crippen molar-refractivity contribution in [2.45, 2.75) is 13.5 Å². The number of nitrogens with zero attached hydrogens (tertiary/aromatic N) is 1. The van der Waals surface area contributed by atoms with Gasteiger partial charge in [0.25, 0.3) is 0 Å². The Morgan fingerprint density at radius 1 is 1.10 bits per heavy atom. The van der Waals surface area contributed by atoms with Crippen molar-refractivity contribution in [3.05, 3.63) is 60.2 Å². The molecule has 0 saturated carbocycles. The summed E-state index contributed by atoms with van der Waals surface area (Å²) in [6.07, 6.45) is -0.953. The molecular formula is C16H17NO3. The maximum atomic E-state index is 11.0. The minimum absolute atomic E-state index is 0.416. The molecule has 4 heteroatoms. The number of ether oxygens (including phenoxy) is 1. The van der Waals surface area contributed by atoms with Gasteiger partial charge in [0.2, 0.25) is 0 Å². The van der Waals surface area contributed by atoms with E-state index >= 15 is 0 Å². The zero-order valence-electron chi connectivity index (χ0n) is 11.3. The standard InChI is InChI=1S/C16H17NO3/c1-2-17(16(18)19)14-8-10-15(11-9-14)20-12-13-6-4-3-5-7-13/h3-11H,2,12H2,1H3,(H,18,19). The average Bonchev–Trinajstić information content (AvgIpc) is 2.48. The Bertz CT molecular complexity index is 552. The molecule has 1 N–H and O–H groups in total. The lowest BCUT2D eigenvalue weighted by Crippen LogP contribution is -2.28. The van der Waals surface area contributed by atoms with Gasteiger partial charge < -0.3 is 9.84 Å². The molecule has 0 spiro atoms. The molecule has 2 aromatic rings. The van der Waals surface area contributed by atoms with Crippen molar-refractivity contribution in [1.29, 1.82) is 0 Å². The Morgan fingerprint density at radius 2 is 1.75 bits per heavy atom. The Kier molecular flexibility index (Phi) is 4.60. The van der Waals surface area contributed by atoms with Crippen LogP contribution in [0, 0.1) is 0 Å². The highest BCUT2D eigenvalue weighted by Gasteiger charge is 2.11. The van der Waals surface area contributed by atoms with Crippen molar-refractivity contribution >= 4 is 11.8 Å². The number of rotatable bonds is 5. The van der Waals surface area contributed by atoms with Gasteiger partial charge in [-0.1, -0.05) is 30.3 Å². The van der Waals surface area contributed by atoms with Crippen molar-refractivity contribution < 1.29 is 14.6 Å². The van der Waals surface area contributed by atoms with E-state index in [1.807, 2.05) is 30.3 Å². The molecule has 104 valence electrons. The minimum Gasteiger partial charge on any atom is -0.489 e. The van der Waals surface area contributed by atoms with Crippen molar-refractivity contribution in [3.63, 3.8) is 0 Å². The van der Waals surface area contributed by atoms with Gasteiger partial charge in [-0.15, -0.1) is 0 Å². The largest absolute Gasteiger partial charge is 0.489 e. The highest BCUT2D eigenvalue weighted by atomic mass is 16.5. The summed E-state index contributed by atoms with van der Waals surface area (Å²) in [6.45, 7) is 2.71. The monoisotopic (exact) mass is 271 g/mol. The third-order valence-electron chi connectivity index (χ3n) is 2.94. The van der Waals surface area contributed by atoms with E-state index in [1.165, 1.54) is 4.90 Å². The third-order valence-corrected chi connectivity index (χ3v) is 2.94. The summed E-state index contributed by atoms with van der Waals surface area (Å²) in [7, 11) is 0. The van der Waals surface area contributed by atoms with E-state index in [1.54, 1.807) is 31.2 Å². The van der Waals surface area contributed by atoms with E-state index in [0.29, 0.717) is 18.8 Å². The minimum atomic E-state index is -0.953. The number of carbonyl (C=O) groups is 1. The van der Waals surface area contributed by atoms with Gasteiger partial charge in [0, 0.05) is 12.2 Å². The molecule has 2 rings (SSSR count). The van der Waals surface area contributed by atoms with Crippen LogP contribution in [0.2, 0.25) is 0 Å². The lowest BCUT2D eigenvalue weighted by Gasteiger charge is -2.17. The van der Waals surface area contributed by atoms with Gasteiger partial charge >= 0.3 is 6.09 Å². The molecule has 20 heavy (non-hydrogen) atoms. The normalized spacial score (nSPS) is 10.1. The van der Waals surface area contributed by atoms with Crippen molar-refractivity contribution in [1.82, 2.24) is 0 Å². The van der Waals surface area contributed by atoms with Crippen molar-refractivity contribution in [2.75, 3.05) is 11.4 Å². The SMILES string of the molecule is CCN(C(=O)O)c1ccc(OCc2ccccc2)cc1. The molecule has 4 nitrogen and oxygen atoms in total. The molecule has 0 bridgehead atoms. The van der Waals surface area contributed by atoms with Crippen molar-refractivity contribution in [3.8, 4) is 5.75 Å². The molecule has 2 aromatic carbocycles. The van der Waals surface area contributed by atoms with Crippen LogP contribution in [-0.4, -0.2) is 17.7 Å². The summed E-state index contributed by atoms with van der Waals surface area (Å²) in [4.78, 5) is 12.3. The fourth-order valence-corrected chi connectivity index (χ4v) is 1.89. The highest BCUT2D eigenvalue weighted by Crippen LogP contribution is 2.20. The van der Waals surface area contributed by atoms with E-state index in [4.69, 9.17) is 9.84 Å². The summed E-state index contributed by atoms with van der Waals surface area (Å²) >= 11 is 0. The number of amides is 1. The van der Waals surface area contributed by atoms with Crippen LogP contribution in [0.15, 0.2) is 54.6 Å². The molecule has 1 amide bonds. The second-order valence-corrected chi connectivity index (χ2v) is 4.30. The molecule has 0 saturated heterocycles. The first-order valence-electron chi connectivity index (χ1n) is 6.48. The maximum absolute atomic E-state index is 11.0. The van der Waals surface area contributed by atoms with E-state index < -0.39 is 6.09 Å². The number of carboxylic acid groups (broad SMARTS) is 1. The molecule has 0 aliphatic rings. The second kappa shape index (κ2) is 6.61. The van der Waals surface area contributed by atoms with Crippen LogP contribution in [0.5, 0.6) is 5.75 Å². The zero-order chi connectivity index (χ0) is 14.4. The van der Waals surface area contributed by atoms with Crippen LogP contribution >= 0.6 is 0 Å². The van der Waals surface area contributed by atoms with Crippen LogP contribution in [0.4, 0.5) is 10.5 Å². The molecule has 0 atom stereocenters. The number of benzene rings is 2. The predicted octanol–water partition coefficient (Wildman–Crippen LogP) is 3.77. The fraction of sp³-hybridized carbons (Fsp3) is 0.188. The Hall–Kier alpha value is -2.49. The molecule has 0 aromatic heterocycles. The van der Waals surface area contributed by atoms with Gasteiger partial charge in [-0.3, -0.25) is 4.90 Å². The molecular weight excluding hydrogens is 254 g/mol. The average molecular weight is 271 g/mol. The van der Waals surface area contributed by atoms with Gasteiger partial charge in [0.15, 0.2) is 0 Å². The first-order valence-corrected chi connectivity index (χ1v) is 6.48. The Morgan fingerprint density at radius 3 is 2.30 bits per heavy atom. The predicted molar refractivity (Wildman–Crippen MR) is 78.3 cm³/mol. The molecule has 0 radical (unpaired) electrons. The smallest absolute Gasteiger partial charge is 0.411 e. The lowest BCUT2D eigenvalue weighted by molar-refractivity contribution is 0.202. The van der Waals surface area contributed by atoms with Gasteiger partial charge in [-0.25, -0.2) is 4.79 Å². The Balaban J connectivity index is 2.00. The van der Waals surface area contributed by atoms with Gasteiger partial charge in [-0.2, -0.15) is 0 Å². The van der Waals surface area contributed by atoms with Crippen LogP contribution in [0.1, 0.15) is 12.5 Å². The summed E-state index contributed by atoms with van der Waals surface area (Å²) in [5, 5.41) is 9.04. The summed E-state index contributed by atoms with van der Waals surface area (Å²) in [5.74, 6) is 0.721. The van der Waals surface area contributed by atoms with E-state index in [2.05, 4.69) is 0 Å². The van der Waals surface area contributed by atoms with Crippen LogP contribution in [0.25, 0.3) is 0 Å². The quantitative estimate of drug-likeness (QED) is 0.900. The lowest BCUT2D eigenvalue weighted by atomic mass is 10.2. The van der Waals surface area contributed by atoms with Gasteiger partial charge in [0.05, 0.1) is 0 Å². The van der Waals surface area contributed by atoms with E-state index in [0.717, 1.165) is 11.3 Å². The van der Waals surface area contributed by atoms with Gasteiger partial charge in [0.1, 0.15) is 12.4 Å². The second-order valence-electron chi connectivity index (χ2n) is 4.30. The van der Waals surface area contributed by atoms with Gasteiger partial charge in [-0.05, 0) is 36.8 Å². The molecule has 0 fully saturated rings. The summed E-state index contributed by atoms with van der Waals surface area (Å²) in [6, 6.07) is 16.9. The van der Waals surface area contributed by atoms with Crippen molar-refractivity contribution in [2.24, 2.45) is 0 Å². The molecule has 0 aliphatic heterocycles. The van der Waals surface area contributed by atoms with Crippen LogP contribution in [-0.2, 0) is 6.61 Å². The summed E-state index contributed by atoms with van der Waals surface area (Å²) < 4.78 is 5.65. The highest BCUT2D eigenvalue weighted by molar-refractivity contribution is 5.85. The van der Waals surface area contributed by atoms with E-state index in [9.17, 15) is 4.79 Å². The molecule has 0 heterocycles. The fourth-order valence-electron chi connectivity index (χ4n) is 1.89. The van der Waals surface area contributed by atoms with Crippen LogP contribution < -0.4 is 9.64 Å². The molecule has 0 aliphatic carbocycles. The van der Waals surface area contributed by atoms with Crippen LogP contribution in [0.3, 0.4) is 0 Å². The first-order chi connectivity index (χ1) is 9.70.